The second-order valence-corrected chi connectivity index (χ2v) is 3.11. The Kier molecular flexibility index (Phi) is 1.96. The Labute approximate surface area is 81.2 Å². The van der Waals surface area contributed by atoms with Crippen molar-refractivity contribution in [2.24, 2.45) is 0 Å². The lowest BCUT2D eigenvalue weighted by molar-refractivity contribution is 0.887. The molecule has 4 heteroatoms. The molecule has 0 aromatic carbocycles. The van der Waals surface area contributed by atoms with E-state index in [9.17, 15) is 4.79 Å². The monoisotopic (exact) mass is 189 g/mol. The zero-order chi connectivity index (χ0) is 10.1. The first kappa shape index (κ1) is 8.74. The van der Waals surface area contributed by atoms with Gasteiger partial charge >= 0.3 is 0 Å². The van der Waals surface area contributed by atoms with Crippen molar-refractivity contribution in [1.29, 1.82) is 0 Å². The summed E-state index contributed by atoms with van der Waals surface area (Å²) in [5.41, 5.74) is 4.13. The van der Waals surface area contributed by atoms with Crippen LogP contribution in [0.5, 0.6) is 0 Å². The van der Waals surface area contributed by atoms with E-state index in [4.69, 9.17) is 0 Å². The summed E-state index contributed by atoms with van der Waals surface area (Å²) in [6.07, 6.45) is 1.67. The fourth-order valence-electron chi connectivity index (χ4n) is 1.48. The van der Waals surface area contributed by atoms with E-state index < -0.39 is 0 Å². The summed E-state index contributed by atoms with van der Waals surface area (Å²) < 4.78 is 1.45. The molecular formula is C10H11N3O. The Balaban J connectivity index is 2.96. The second kappa shape index (κ2) is 3.14. The zero-order valence-electron chi connectivity index (χ0n) is 8.11. The number of fused-ring (bicyclic) bond motifs is 1. The van der Waals surface area contributed by atoms with E-state index in [0.717, 1.165) is 5.39 Å². The van der Waals surface area contributed by atoms with Crippen LogP contribution in [-0.4, -0.2) is 16.7 Å². The molecule has 0 aliphatic heterocycles. The van der Waals surface area contributed by atoms with E-state index in [0.29, 0.717) is 11.2 Å². The van der Waals surface area contributed by atoms with Gasteiger partial charge in [0.25, 0.3) is 5.56 Å². The maximum Gasteiger partial charge on any atom is 0.273 e. The first-order valence-corrected chi connectivity index (χ1v) is 4.39. The summed E-state index contributed by atoms with van der Waals surface area (Å²) in [4.78, 5) is 15.8. The van der Waals surface area contributed by atoms with Crippen molar-refractivity contribution < 1.29 is 0 Å². The van der Waals surface area contributed by atoms with Crippen molar-refractivity contribution in [3.05, 3.63) is 40.3 Å². The topological polar surface area (TPSA) is 46.9 Å². The molecule has 1 N–H and O–H groups in total. The molecule has 0 amide bonds. The molecule has 2 heterocycles. The third-order valence-corrected chi connectivity index (χ3v) is 2.16. The van der Waals surface area contributed by atoms with E-state index in [2.05, 4.69) is 10.4 Å². The first-order valence-electron chi connectivity index (χ1n) is 4.39. The van der Waals surface area contributed by atoms with Crippen LogP contribution in [-0.2, 0) is 0 Å². The Morgan fingerprint density at radius 2 is 2.29 bits per heavy atom. The highest BCUT2D eigenvalue weighted by atomic mass is 16.1. The Morgan fingerprint density at radius 3 is 3.00 bits per heavy atom. The largest absolute Gasteiger partial charge is 0.324 e. The molecule has 0 aliphatic carbocycles. The van der Waals surface area contributed by atoms with E-state index in [1.165, 1.54) is 4.68 Å². The summed E-state index contributed by atoms with van der Waals surface area (Å²) in [6, 6.07) is 5.63. The summed E-state index contributed by atoms with van der Waals surface area (Å²) >= 11 is 0. The zero-order valence-corrected chi connectivity index (χ0v) is 8.11. The molecule has 0 fully saturated rings. The van der Waals surface area contributed by atoms with Crippen molar-refractivity contribution in [2.75, 3.05) is 12.5 Å². The molecule has 0 spiro atoms. The highest BCUT2D eigenvalue weighted by molar-refractivity contribution is 5.75. The molecule has 2 rings (SSSR count). The lowest BCUT2D eigenvalue weighted by Crippen LogP contribution is -2.28. The van der Waals surface area contributed by atoms with Gasteiger partial charge in [-0.05, 0) is 25.1 Å². The van der Waals surface area contributed by atoms with Crippen LogP contribution in [0.3, 0.4) is 0 Å². The summed E-state index contributed by atoms with van der Waals surface area (Å²) in [6.45, 7) is 1.79. The molecule has 0 saturated heterocycles. The average molecular weight is 189 g/mol. The van der Waals surface area contributed by atoms with Gasteiger partial charge in [-0.25, -0.2) is 9.66 Å². The van der Waals surface area contributed by atoms with Crippen LogP contribution in [0.4, 0.5) is 0 Å². The van der Waals surface area contributed by atoms with Crippen molar-refractivity contribution >= 4 is 11.0 Å². The minimum Gasteiger partial charge on any atom is -0.324 e. The Hall–Kier alpha value is -1.84. The van der Waals surface area contributed by atoms with Crippen LogP contribution in [0.25, 0.3) is 11.0 Å². The van der Waals surface area contributed by atoms with Crippen molar-refractivity contribution in [3.63, 3.8) is 0 Å². The van der Waals surface area contributed by atoms with Gasteiger partial charge in [0.15, 0.2) is 5.65 Å². The van der Waals surface area contributed by atoms with Gasteiger partial charge in [0.1, 0.15) is 0 Å². The molecule has 0 bridgehead atoms. The average Bonchev–Trinajstić information content (AvgIpc) is 2.20. The number of hydrogen-bond donors (Lipinski definition) is 1. The summed E-state index contributed by atoms with van der Waals surface area (Å²) in [5, 5.41) is 0.957. The normalized spacial score (nSPS) is 10.4. The predicted molar refractivity (Wildman–Crippen MR) is 56.0 cm³/mol. The minimum atomic E-state index is -0.0568. The number of hydrogen-bond acceptors (Lipinski definition) is 3. The second-order valence-electron chi connectivity index (χ2n) is 3.11. The molecule has 2 aromatic rings. The standard InChI is InChI=1S/C10H11N3O/c1-7-6-8-4-3-5-12-9(8)13(11-2)10(7)14/h3-6,11H,1-2H3. The molecule has 2 aromatic heterocycles. The number of nitrogens with one attached hydrogen (secondary N) is 1. The van der Waals surface area contributed by atoms with Gasteiger partial charge in [-0.1, -0.05) is 0 Å². The number of nitrogens with zero attached hydrogens (tertiary/aromatic N) is 2. The maximum absolute atomic E-state index is 11.7. The highest BCUT2D eigenvalue weighted by Gasteiger charge is 2.04. The molecule has 0 atom stereocenters. The SMILES string of the molecule is CNn1c(=O)c(C)cc2cccnc21. The molecule has 0 radical (unpaired) electrons. The van der Waals surface area contributed by atoms with Crippen LogP contribution in [0, 0.1) is 6.92 Å². The maximum atomic E-state index is 11.7. The van der Waals surface area contributed by atoms with Gasteiger partial charge in [0.2, 0.25) is 0 Å². The van der Waals surface area contributed by atoms with Gasteiger partial charge in [-0.3, -0.25) is 4.79 Å². The van der Waals surface area contributed by atoms with E-state index >= 15 is 0 Å². The third kappa shape index (κ3) is 1.16. The smallest absolute Gasteiger partial charge is 0.273 e. The predicted octanol–water partition coefficient (Wildman–Crippen LogP) is 0.878. The van der Waals surface area contributed by atoms with Crippen LogP contribution in [0.1, 0.15) is 5.56 Å². The summed E-state index contributed by atoms with van der Waals surface area (Å²) in [7, 11) is 1.70. The Bertz CT molecular complexity index is 530. The molecule has 72 valence electrons. The van der Waals surface area contributed by atoms with E-state index in [1.54, 1.807) is 20.2 Å². The minimum absolute atomic E-state index is 0.0568. The van der Waals surface area contributed by atoms with Crippen LogP contribution < -0.4 is 11.0 Å². The van der Waals surface area contributed by atoms with E-state index in [1.807, 2.05) is 18.2 Å². The van der Waals surface area contributed by atoms with Crippen LogP contribution in [0.15, 0.2) is 29.2 Å². The van der Waals surface area contributed by atoms with Crippen molar-refractivity contribution in [3.8, 4) is 0 Å². The number of aromatic nitrogens is 2. The quantitative estimate of drug-likeness (QED) is 0.724. The molecule has 14 heavy (non-hydrogen) atoms. The van der Waals surface area contributed by atoms with Gasteiger partial charge < -0.3 is 5.43 Å². The van der Waals surface area contributed by atoms with Gasteiger partial charge in [0, 0.05) is 24.2 Å². The van der Waals surface area contributed by atoms with Gasteiger partial charge in [-0.2, -0.15) is 0 Å². The van der Waals surface area contributed by atoms with Crippen molar-refractivity contribution in [1.82, 2.24) is 9.66 Å². The highest BCUT2D eigenvalue weighted by Crippen LogP contribution is 2.08. The number of aryl methyl sites for hydroxylation is 1. The molecular weight excluding hydrogens is 178 g/mol. The number of rotatable bonds is 1. The fraction of sp³-hybridized carbons (Fsp3) is 0.200. The lowest BCUT2D eigenvalue weighted by Gasteiger charge is -2.08. The fourth-order valence-corrected chi connectivity index (χ4v) is 1.48. The third-order valence-electron chi connectivity index (χ3n) is 2.16. The Morgan fingerprint density at radius 1 is 1.50 bits per heavy atom. The molecule has 4 nitrogen and oxygen atoms in total. The number of pyridine rings is 2. The first-order chi connectivity index (χ1) is 6.74. The van der Waals surface area contributed by atoms with Crippen LogP contribution in [0.2, 0.25) is 0 Å². The van der Waals surface area contributed by atoms with Gasteiger partial charge in [0.05, 0.1) is 0 Å². The molecule has 0 aliphatic rings. The molecule has 0 saturated carbocycles. The van der Waals surface area contributed by atoms with Gasteiger partial charge in [-0.15, -0.1) is 0 Å². The summed E-state index contributed by atoms with van der Waals surface area (Å²) in [5.74, 6) is 0. The molecule has 0 unspecified atom stereocenters. The van der Waals surface area contributed by atoms with Crippen LogP contribution >= 0.6 is 0 Å². The van der Waals surface area contributed by atoms with Crippen molar-refractivity contribution in [2.45, 2.75) is 6.92 Å². The van der Waals surface area contributed by atoms with E-state index in [-0.39, 0.29) is 5.56 Å². The lowest BCUT2D eigenvalue weighted by atomic mass is 10.2.